The maximum absolute atomic E-state index is 11.7. The minimum absolute atomic E-state index is 0.0229. The highest BCUT2D eigenvalue weighted by atomic mass is 35.5. The standard InChI is InChI=1S/C11H9Cl2N5O3/c12-6-1-5(10(19)20)2-7(13)9(6)17-11(21)14-3-8-15-4-16-18-8/h1-2,4H,3H2,(H,19,20)(H2,14,17,21)(H,15,16,18). The van der Waals surface area contributed by atoms with Gasteiger partial charge >= 0.3 is 12.0 Å². The first-order valence-corrected chi connectivity index (χ1v) is 6.34. The number of rotatable bonds is 4. The Kier molecular flexibility index (Phi) is 4.61. The van der Waals surface area contributed by atoms with E-state index in [0.29, 0.717) is 5.82 Å². The highest BCUT2D eigenvalue weighted by Gasteiger charge is 2.14. The predicted molar refractivity (Wildman–Crippen MR) is 75.7 cm³/mol. The van der Waals surface area contributed by atoms with E-state index in [2.05, 4.69) is 25.8 Å². The highest BCUT2D eigenvalue weighted by Crippen LogP contribution is 2.31. The highest BCUT2D eigenvalue weighted by molar-refractivity contribution is 6.40. The summed E-state index contributed by atoms with van der Waals surface area (Å²) in [5, 5.41) is 20.1. The maximum atomic E-state index is 11.7. The monoisotopic (exact) mass is 329 g/mol. The van der Waals surface area contributed by atoms with Gasteiger partial charge in [-0.2, -0.15) is 5.10 Å². The number of benzene rings is 1. The van der Waals surface area contributed by atoms with Gasteiger partial charge in [0.1, 0.15) is 12.2 Å². The molecule has 10 heteroatoms. The van der Waals surface area contributed by atoms with E-state index in [4.69, 9.17) is 28.3 Å². The number of aromatic nitrogens is 3. The molecular weight excluding hydrogens is 321 g/mol. The molecule has 1 aromatic carbocycles. The first-order valence-electron chi connectivity index (χ1n) is 5.59. The van der Waals surface area contributed by atoms with Gasteiger partial charge in [0.25, 0.3) is 0 Å². The Labute approximate surface area is 128 Å². The molecule has 0 atom stereocenters. The van der Waals surface area contributed by atoms with Crippen LogP contribution in [-0.2, 0) is 6.54 Å². The number of urea groups is 1. The molecule has 0 bridgehead atoms. The van der Waals surface area contributed by atoms with Gasteiger partial charge in [0, 0.05) is 0 Å². The average Bonchev–Trinajstić information content (AvgIpc) is 2.93. The van der Waals surface area contributed by atoms with E-state index in [-0.39, 0.29) is 27.8 Å². The number of aromatic carboxylic acids is 1. The molecule has 0 aliphatic rings. The summed E-state index contributed by atoms with van der Waals surface area (Å²) < 4.78 is 0. The van der Waals surface area contributed by atoms with E-state index < -0.39 is 12.0 Å². The molecule has 1 heterocycles. The van der Waals surface area contributed by atoms with Crippen molar-refractivity contribution in [2.75, 3.05) is 5.32 Å². The van der Waals surface area contributed by atoms with Crippen LogP contribution in [0.1, 0.15) is 16.2 Å². The lowest BCUT2D eigenvalue weighted by atomic mass is 10.2. The van der Waals surface area contributed by atoms with E-state index in [9.17, 15) is 9.59 Å². The van der Waals surface area contributed by atoms with Crippen molar-refractivity contribution in [2.24, 2.45) is 0 Å². The lowest BCUT2D eigenvalue weighted by Gasteiger charge is -2.10. The molecule has 21 heavy (non-hydrogen) atoms. The summed E-state index contributed by atoms with van der Waals surface area (Å²) in [5.74, 6) is -0.691. The summed E-state index contributed by atoms with van der Waals surface area (Å²) in [4.78, 5) is 26.4. The zero-order valence-corrected chi connectivity index (χ0v) is 11.9. The molecule has 0 saturated heterocycles. The molecule has 0 aliphatic heterocycles. The van der Waals surface area contributed by atoms with Gasteiger partial charge in [-0.25, -0.2) is 14.6 Å². The maximum Gasteiger partial charge on any atom is 0.335 e. The molecule has 2 aromatic rings. The number of anilines is 1. The van der Waals surface area contributed by atoms with Crippen molar-refractivity contribution < 1.29 is 14.7 Å². The lowest BCUT2D eigenvalue weighted by molar-refractivity contribution is 0.0697. The van der Waals surface area contributed by atoms with Crippen LogP contribution in [-0.4, -0.2) is 32.3 Å². The van der Waals surface area contributed by atoms with E-state index in [1.54, 1.807) is 0 Å². The van der Waals surface area contributed by atoms with Crippen LogP contribution in [0.25, 0.3) is 0 Å². The van der Waals surface area contributed by atoms with Crippen molar-refractivity contribution >= 4 is 40.9 Å². The average molecular weight is 330 g/mol. The number of H-pyrrole nitrogens is 1. The molecule has 0 aliphatic carbocycles. The van der Waals surface area contributed by atoms with Crippen LogP contribution < -0.4 is 10.6 Å². The van der Waals surface area contributed by atoms with Gasteiger partial charge in [0.15, 0.2) is 0 Å². The Bertz CT molecular complexity index is 651. The van der Waals surface area contributed by atoms with Gasteiger partial charge in [0.2, 0.25) is 0 Å². The largest absolute Gasteiger partial charge is 0.478 e. The summed E-state index contributed by atoms with van der Waals surface area (Å²) in [6.45, 7) is 0.133. The molecule has 0 saturated carbocycles. The minimum Gasteiger partial charge on any atom is -0.478 e. The fourth-order valence-corrected chi connectivity index (χ4v) is 2.04. The van der Waals surface area contributed by atoms with E-state index in [1.165, 1.54) is 18.5 Å². The van der Waals surface area contributed by atoms with Crippen molar-refractivity contribution in [1.82, 2.24) is 20.5 Å². The Morgan fingerprint density at radius 1 is 1.29 bits per heavy atom. The number of nitrogens with zero attached hydrogens (tertiary/aromatic N) is 2. The third-order valence-electron chi connectivity index (χ3n) is 2.41. The Morgan fingerprint density at radius 3 is 2.48 bits per heavy atom. The van der Waals surface area contributed by atoms with Crippen LogP contribution in [0.2, 0.25) is 10.0 Å². The fraction of sp³-hybridized carbons (Fsp3) is 0.0909. The number of nitrogens with one attached hydrogen (secondary N) is 3. The van der Waals surface area contributed by atoms with Gasteiger partial charge in [0.05, 0.1) is 27.8 Å². The molecule has 110 valence electrons. The molecule has 0 unspecified atom stereocenters. The molecule has 2 amide bonds. The molecule has 2 rings (SSSR count). The second-order valence-electron chi connectivity index (χ2n) is 3.86. The number of halogens is 2. The number of carbonyl (C=O) groups excluding carboxylic acids is 1. The second kappa shape index (κ2) is 6.42. The number of hydrogen-bond acceptors (Lipinski definition) is 4. The van der Waals surface area contributed by atoms with Crippen LogP contribution in [0.5, 0.6) is 0 Å². The van der Waals surface area contributed by atoms with Crippen LogP contribution >= 0.6 is 23.2 Å². The molecule has 8 nitrogen and oxygen atoms in total. The molecule has 0 spiro atoms. The van der Waals surface area contributed by atoms with Crippen molar-refractivity contribution in [3.63, 3.8) is 0 Å². The quantitative estimate of drug-likeness (QED) is 0.684. The van der Waals surface area contributed by atoms with Gasteiger partial charge in [-0.15, -0.1) is 0 Å². The summed E-state index contributed by atoms with van der Waals surface area (Å²) in [6.07, 6.45) is 1.31. The van der Waals surface area contributed by atoms with Gasteiger partial charge in [-0.05, 0) is 12.1 Å². The van der Waals surface area contributed by atoms with E-state index in [1.807, 2.05) is 0 Å². The molecule has 4 N–H and O–H groups in total. The number of carboxylic acid groups (broad SMARTS) is 1. The van der Waals surface area contributed by atoms with Crippen LogP contribution in [0.3, 0.4) is 0 Å². The summed E-state index contributed by atoms with van der Waals surface area (Å²) in [7, 11) is 0. The van der Waals surface area contributed by atoms with Crippen molar-refractivity contribution in [3.8, 4) is 0 Å². The number of hydrogen-bond donors (Lipinski definition) is 4. The Hall–Kier alpha value is -2.32. The molecular formula is C11H9Cl2N5O3. The molecule has 1 aromatic heterocycles. The third-order valence-corrected chi connectivity index (χ3v) is 3.01. The SMILES string of the molecule is O=C(NCc1ncn[nH]1)Nc1c(Cl)cc(C(=O)O)cc1Cl. The minimum atomic E-state index is -1.17. The summed E-state index contributed by atoms with van der Waals surface area (Å²) in [6, 6.07) is 1.82. The second-order valence-corrected chi connectivity index (χ2v) is 4.67. The van der Waals surface area contributed by atoms with Crippen molar-refractivity contribution in [1.29, 1.82) is 0 Å². The zero-order chi connectivity index (χ0) is 15.4. The first kappa shape index (κ1) is 15.1. The topological polar surface area (TPSA) is 120 Å². The van der Waals surface area contributed by atoms with Gasteiger partial charge in [-0.1, -0.05) is 23.2 Å². The van der Waals surface area contributed by atoms with Crippen molar-refractivity contribution in [3.05, 3.63) is 39.9 Å². The van der Waals surface area contributed by atoms with Crippen LogP contribution in [0.4, 0.5) is 10.5 Å². The number of amides is 2. The predicted octanol–water partition coefficient (Wildman–Crippen LogP) is 2.13. The van der Waals surface area contributed by atoms with Crippen LogP contribution in [0.15, 0.2) is 18.5 Å². The Balaban J connectivity index is 2.05. The normalized spacial score (nSPS) is 10.2. The van der Waals surface area contributed by atoms with Crippen LogP contribution in [0, 0.1) is 0 Å². The smallest absolute Gasteiger partial charge is 0.335 e. The summed E-state index contributed by atoms with van der Waals surface area (Å²) >= 11 is 11.8. The molecule has 0 radical (unpaired) electrons. The Morgan fingerprint density at radius 2 is 1.95 bits per heavy atom. The third kappa shape index (κ3) is 3.83. The summed E-state index contributed by atoms with van der Waals surface area (Å²) in [5.41, 5.74) is 0.0519. The number of carboxylic acids is 1. The number of carbonyl (C=O) groups is 2. The number of aromatic amines is 1. The van der Waals surface area contributed by atoms with Gasteiger partial charge in [-0.3, -0.25) is 5.10 Å². The van der Waals surface area contributed by atoms with E-state index >= 15 is 0 Å². The molecule has 0 fully saturated rings. The fourth-order valence-electron chi connectivity index (χ4n) is 1.45. The first-order chi connectivity index (χ1) is 9.97. The van der Waals surface area contributed by atoms with E-state index in [0.717, 1.165) is 0 Å². The zero-order valence-electron chi connectivity index (χ0n) is 10.4. The van der Waals surface area contributed by atoms with Crippen molar-refractivity contribution in [2.45, 2.75) is 6.54 Å². The lowest BCUT2D eigenvalue weighted by Crippen LogP contribution is -2.29. The van der Waals surface area contributed by atoms with Gasteiger partial charge < -0.3 is 15.7 Å².